The van der Waals surface area contributed by atoms with Gasteiger partial charge in [-0.15, -0.1) is 0 Å². The van der Waals surface area contributed by atoms with Gasteiger partial charge in [-0.05, 0) is 31.2 Å². The van der Waals surface area contributed by atoms with Crippen LogP contribution >= 0.6 is 0 Å². The molecule has 124 valence electrons. The van der Waals surface area contributed by atoms with Crippen LogP contribution in [0.5, 0.6) is 0 Å². The van der Waals surface area contributed by atoms with Gasteiger partial charge < -0.3 is 4.74 Å². The number of rotatable bonds is 6. The summed E-state index contributed by atoms with van der Waals surface area (Å²) < 4.78 is 5.65. The first kappa shape index (κ1) is 16.6. The van der Waals surface area contributed by atoms with E-state index in [-0.39, 0.29) is 0 Å². The molecule has 0 aliphatic carbocycles. The Morgan fingerprint density at radius 2 is 1.96 bits per heavy atom. The molecular weight excluding hydrogens is 310 g/mol. The Morgan fingerprint density at radius 1 is 1.12 bits per heavy atom. The van der Waals surface area contributed by atoms with Crippen molar-refractivity contribution in [3.8, 4) is 0 Å². The van der Waals surface area contributed by atoms with Crippen LogP contribution in [0.25, 0.3) is 16.6 Å². The van der Waals surface area contributed by atoms with Gasteiger partial charge in [0.25, 0.3) is 0 Å². The maximum absolute atomic E-state index is 5.65. The molecule has 0 N–H and O–H groups in total. The lowest BCUT2D eigenvalue weighted by Crippen LogP contribution is -1.97. The Labute approximate surface area is 147 Å². The Balaban J connectivity index is 1.62. The van der Waals surface area contributed by atoms with Crippen LogP contribution < -0.4 is 0 Å². The highest BCUT2D eigenvalue weighted by Gasteiger charge is 2.01. The van der Waals surface area contributed by atoms with Crippen LogP contribution in [0.4, 0.5) is 0 Å². The zero-order chi connectivity index (χ0) is 17.5. The van der Waals surface area contributed by atoms with Gasteiger partial charge in [0.1, 0.15) is 12.4 Å². The molecule has 0 atom stereocenters. The zero-order valence-electron chi connectivity index (χ0n) is 14.1. The minimum atomic E-state index is 0.352. The SMILES string of the molecule is C=C(C=N/C(=C\C)c1ccccn1)OCc1ccc2ccccc2n1. The maximum atomic E-state index is 5.65. The summed E-state index contributed by atoms with van der Waals surface area (Å²) in [5, 5.41) is 1.11. The molecule has 0 saturated carbocycles. The van der Waals surface area contributed by atoms with Crippen molar-refractivity contribution in [1.82, 2.24) is 9.97 Å². The van der Waals surface area contributed by atoms with Crippen molar-refractivity contribution in [1.29, 1.82) is 0 Å². The van der Waals surface area contributed by atoms with Crippen molar-refractivity contribution in [2.45, 2.75) is 13.5 Å². The summed E-state index contributed by atoms with van der Waals surface area (Å²) in [6, 6.07) is 17.7. The minimum Gasteiger partial charge on any atom is -0.486 e. The highest BCUT2D eigenvalue weighted by molar-refractivity contribution is 5.81. The molecule has 0 unspecified atom stereocenters. The van der Waals surface area contributed by atoms with Crippen LogP contribution in [0.2, 0.25) is 0 Å². The number of benzene rings is 1. The van der Waals surface area contributed by atoms with Gasteiger partial charge in [0, 0.05) is 11.6 Å². The molecule has 25 heavy (non-hydrogen) atoms. The van der Waals surface area contributed by atoms with Crippen LogP contribution in [0.1, 0.15) is 18.3 Å². The van der Waals surface area contributed by atoms with Gasteiger partial charge in [0.05, 0.1) is 28.8 Å². The number of fused-ring (bicyclic) bond motifs is 1. The molecule has 1 aromatic carbocycles. The van der Waals surface area contributed by atoms with Crippen LogP contribution in [-0.2, 0) is 11.3 Å². The summed E-state index contributed by atoms with van der Waals surface area (Å²) in [6.45, 7) is 6.16. The standard InChI is InChI=1S/C21H19N3O/c1-3-19(21-10-6-7-13-22-21)23-14-16(2)25-15-18-12-11-17-8-4-5-9-20(17)24-18/h3-14H,2,15H2,1H3/b19-3-,23-14?. The Bertz CT molecular complexity index is 930. The molecule has 3 aromatic rings. The van der Waals surface area contributed by atoms with Crippen molar-refractivity contribution < 1.29 is 4.74 Å². The number of hydrogen-bond donors (Lipinski definition) is 0. The molecular formula is C21H19N3O. The summed E-state index contributed by atoms with van der Waals surface area (Å²) in [7, 11) is 0. The van der Waals surface area contributed by atoms with Crippen molar-refractivity contribution in [2.75, 3.05) is 0 Å². The van der Waals surface area contributed by atoms with E-state index in [0.29, 0.717) is 12.4 Å². The predicted octanol–water partition coefficient (Wildman–Crippen LogP) is 4.79. The van der Waals surface area contributed by atoms with E-state index in [1.165, 1.54) is 0 Å². The van der Waals surface area contributed by atoms with Gasteiger partial charge in [0.2, 0.25) is 0 Å². The first-order chi connectivity index (χ1) is 12.3. The third-order valence-electron chi connectivity index (χ3n) is 3.61. The second-order valence-electron chi connectivity index (χ2n) is 5.40. The van der Waals surface area contributed by atoms with E-state index in [1.807, 2.05) is 67.6 Å². The minimum absolute atomic E-state index is 0.352. The second-order valence-corrected chi connectivity index (χ2v) is 5.40. The third-order valence-corrected chi connectivity index (χ3v) is 3.61. The summed E-state index contributed by atoms with van der Waals surface area (Å²) >= 11 is 0. The van der Waals surface area contributed by atoms with E-state index < -0.39 is 0 Å². The second kappa shape index (κ2) is 8.02. The molecule has 0 aliphatic heterocycles. The topological polar surface area (TPSA) is 47.4 Å². The molecule has 0 radical (unpaired) electrons. The molecule has 0 spiro atoms. The number of nitrogens with zero attached hydrogens (tertiary/aromatic N) is 3. The summed E-state index contributed by atoms with van der Waals surface area (Å²) in [6.07, 6.45) is 5.24. The fourth-order valence-corrected chi connectivity index (χ4v) is 2.34. The number of pyridine rings is 2. The lowest BCUT2D eigenvalue weighted by atomic mass is 10.2. The van der Waals surface area contributed by atoms with E-state index in [4.69, 9.17) is 4.74 Å². The fourth-order valence-electron chi connectivity index (χ4n) is 2.34. The van der Waals surface area contributed by atoms with Gasteiger partial charge in [-0.25, -0.2) is 4.98 Å². The Kier molecular flexibility index (Phi) is 5.32. The maximum Gasteiger partial charge on any atom is 0.130 e. The normalized spacial score (nSPS) is 11.8. The predicted molar refractivity (Wildman–Crippen MR) is 102 cm³/mol. The molecule has 2 heterocycles. The van der Waals surface area contributed by atoms with Crippen molar-refractivity contribution >= 4 is 22.8 Å². The quantitative estimate of drug-likeness (QED) is 0.482. The molecule has 4 nitrogen and oxygen atoms in total. The highest BCUT2D eigenvalue weighted by Crippen LogP contribution is 2.14. The van der Waals surface area contributed by atoms with E-state index in [0.717, 1.165) is 28.0 Å². The lowest BCUT2D eigenvalue weighted by Gasteiger charge is -2.06. The molecule has 2 aromatic heterocycles. The van der Waals surface area contributed by atoms with Crippen LogP contribution in [0.15, 0.2) is 84.2 Å². The van der Waals surface area contributed by atoms with Gasteiger partial charge in [-0.1, -0.05) is 43.0 Å². The lowest BCUT2D eigenvalue weighted by molar-refractivity contribution is 0.217. The summed E-state index contributed by atoms with van der Waals surface area (Å²) in [4.78, 5) is 13.3. The average molecular weight is 329 g/mol. The van der Waals surface area contributed by atoms with Crippen molar-refractivity contribution in [2.24, 2.45) is 4.99 Å². The molecule has 0 aliphatic rings. The highest BCUT2D eigenvalue weighted by atomic mass is 16.5. The number of para-hydroxylation sites is 1. The van der Waals surface area contributed by atoms with Gasteiger partial charge in [-0.2, -0.15) is 0 Å². The average Bonchev–Trinajstić information content (AvgIpc) is 2.67. The number of aliphatic imine (C=N–C) groups is 1. The van der Waals surface area contributed by atoms with Crippen LogP contribution in [0, 0.1) is 0 Å². The summed E-state index contributed by atoms with van der Waals surface area (Å²) in [5.74, 6) is 0.477. The number of hydrogen-bond acceptors (Lipinski definition) is 4. The van der Waals surface area contributed by atoms with Gasteiger partial charge >= 0.3 is 0 Å². The van der Waals surface area contributed by atoms with Crippen molar-refractivity contribution in [3.05, 3.63) is 90.6 Å². The Morgan fingerprint density at radius 3 is 2.76 bits per heavy atom. The first-order valence-electron chi connectivity index (χ1n) is 8.04. The first-order valence-corrected chi connectivity index (χ1v) is 8.04. The van der Waals surface area contributed by atoms with Crippen LogP contribution in [-0.4, -0.2) is 16.2 Å². The number of ether oxygens (including phenoxy) is 1. The third kappa shape index (κ3) is 4.38. The molecule has 0 bridgehead atoms. The van der Waals surface area contributed by atoms with Crippen LogP contribution in [0.3, 0.4) is 0 Å². The van der Waals surface area contributed by atoms with E-state index in [9.17, 15) is 0 Å². The number of aromatic nitrogens is 2. The van der Waals surface area contributed by atoms with Gasteiger partial charge in [0.15, 0.2) is 0 Å². The monoisotopic (exact) mass is 329 g/mol. The largest absolute Gasteiger partial charge is 0.486 e. The summed E-state index contributed by atoms with van der Waals surface area (Å²) in [5.41, 5.74) is 3.39. The van der Waals surface area contributed by atoms with E-state index in [1.54, 1.807) is 12.4 Å². The number of allylic oxidation sites excluding steroid dienone is 2. The zero-order valence-corrected chi connectivity index (χ0v) is 14.1. The van der Waals surface area contributed by atoms with Gasteiger partial charge in [-0.3, -0.25) is 9.98 Å². The molecule has 0 fully saturated rings. The fraction of sp³-hybridized carbons (Fsp3) is 0.0952. The molecule has 4 heteroatoms. The molecule has 0 amide bonds. The van der Waals surface area contributed by atoms with E-state index in [2.05, 4.69) is 21.5 Å². The van der Waals surface area contributed by atoms with E-state index >= 15 is 0 Å². The Hall–Kier alpha value is -3.27. The smallest absolute Gasteiger partial charge is 0.130 e. The molecule has 3 rings (SSSR count). The van der Waals surface area contributed by atoms with Crippen molar-refractivity contribution in [3.63, 3.8) is 0 Å². The molecule has 0 saturated heterocycles.